The summed E-state index contributed by atoms with van der Waals surface area (Å²) < 4.78 is 4.97. The maximum Gasteiger partial charge on any atom is 0.323 e. The average Bonchev–Trinajstić information content (AvgIpc) is 2.44. The molecular formula is C13H18N2O6. The van der Waals surface area contributed by atoms with Gasteiger partial charge in [-0.25, -0.2) is 0 Å². The van der Waals surface area contributed by atoms with Gasteiger partial charge in [-0.2, -0.15) is 0 Å². The van der Waals surface area contributed by atoms with Gasteiger partial charge in [0.2, 0.25) is 0 Å². The molecule has 0 spiro atoms. The number of rotatable bonds is 9. The number of phenolic OH excluding ortho intramolecular Hbond substituents is 1. The van der Waals surface area contributed by atoms with E-state index < -0.39 is 17.1 Å². The summed E-state index contributed by atoms with van der Waals surface area (Å²) in [7, 11) is 0. The van der Waals surface area contributed by atoms with Gasteiger partial charge in [0.1, 0.15) is 11.8 Å². The first-order valence-corrected chi connectivity index (χ1v) is 6.46. The Bertz CT molecular complexity index is 462. The molecule has 0 aromatic heterocycles. The van der Waals surface area contributed by atoms with Crippen molar-refractivity contribution in [2.24, 2.45) is 5.73 Å². The van der Waals surface area contributed by atoms with Crippen molar-refractivity contribution in [1.29, 1.82) is 0 Å². The van der Waals surface area contributed by atoms with Crippen LogP contribution >= 0.6 is 0 Å². The van der Waals surface area contributed by atoms with Gasteiger partial charge in [-0.05, 0) is 37.0 Å². The smallest absolute Gasteiger partial charge is 0.323 e. The van der Waals surface area contributed by atoms with Crippen LogP contribution in [0, 0.1) is 10.1 Å². The molecule has 8 nitrogen and oxygen atoms in total. The van der Waals surface area contributed by atoms with E-state index in [1.54, 1.807) is 12.1 Å². The summed E-state index contributed by atoms with van der Waals surface area (Å²) >= 11 is 0. The van der Waals surface area contributed by atoms with E-state index in [1.807, 2.05) is 0 Å². The van der Waals surface area contributed by atoms with Crippen LogP contribution in [0.15, 0.2) is 24.3 Å². The van der Waals surface area contributed by atoms with Gasteiger partial charge >= 0.3 is 5.97 Å². The van der Waals surface area contributed by atoms with Crippen molar-refractivity contribution in [2.75, 3.05) is 13.2 Å². The highest BCUT2D eigenvalue weighted by atomic mass is 16.9. The fourth-order valence-corrected chi connectivity index (χ4v) is 1.59. The van der Waals surface area contributed by atoms with Crippen LogP contribution in [0.25, 0.3) is 0 Å². The Hall–Kier alpha value is -2.35. The number of nitrogens with zero attached hydrogens (tertiary/aromatic N) is 1. The SMILES string of the molecule is N[C@@H](Cc1ccc(O)cc1)C(=O)OCCCCO[N+](=O)[O-]. The zero-order valence-electron chi connectivity index (χ0n) is 11.4. The molecule has 21 heavy (non-hydrogen) atoms. The summed E-state index contributed by atoms with van der Waals surface area (Å²) in [6, 6.07) is 5.60. The number of aromatic hydroxyl groups is 1. The molecule has 0 heterocycles. The largest absolute Gasteiger partial charge is 0.508 e. The Kier molecular flexibility index (Phi) is 6.96. The lowest BCUT2D eigenvalue weighted by Gasteiger charge is -2.11. The first-order chi connectivity index (χ1) is 9.99. The molecule has 0 aliphatic heterocycles. The number of hydrogen-bond acceptors (Lipinski definition) is 7. The number of carbonyl (C=O) groups is 1. The molecule has 0 unspecified atom stereocenters. The summed E-state index contributed by atoms with van der Waals surface area (Å²) in [5.74, 6) is -0.384. The van der Waals surface area contributed by atoms with E-state index in [0.717, 1.165) is 5.56 Å². The molecular weight excluding hydrogens is 280 g/mol. The highest BCUT2D eigenvalue weighted by molar-refractivity contribution is 5.75. The fraction of sp³-hybridized carbons (Fsp3) is 0.462. The molecule has 0 amide bonds. The molecule has 1 atom stereocenters. The third-order valence-corrected chi connectivity index (χ3v) is 2.67. The normalized spacial score (nSPS) is 11.7. The summed E-state index contributed by atoms with van der Waals surface area (Å²) in [6.07, 6.45) is 1.19. The Morgan fingerprint density at radius 2 is 1.90 bits per heavy atom. The zero-order valence-corrected chi connectivity index (χ0v) is 11.4. The van der Waals surface area contributed by atoms with Crippen LogP contribution < -0.4 is 5.73 Å². The Morgan fingerprint density at radius 3 is 2.52 bits per heavy atom. The number of unbranched alkanes of at least 4 members (excludes halogenated alkanes) is 1. The van der Waals surface area contributed by atoms with E-state index in [4.69, 9.17) is 15.6 Å². The van der Waals surface area contributed by atoms with E-state index in [0.29, 0.717) is 19.3 Å². The van der Waals surface area contributed by atoms with E-state index >= 15 is 0 Å². The van der Waals surface area contributed by atoms with Crippen LogP contribution in [0.1, 0.15) is 18.4 Å². The minimum atomic E-state index is -0.862. The van der Waals surface area contributed by atoms with Crippen LogP contribution in [0.2, 0.25) is 0 Å². The van der Waals surface area contributed by atoms with Crippen LogP contribution in [-0.2, 0) is 20.8 Å². The fourth-order valence-electron chi connectivity index (χ4n) is 1.59. The zero-order chi connectivity index (χ0) is 15.7. The van der Waals surface area contributed by atoms with Gasteiger partial charge in [0, 0.05) is 0 Å². The number of benzene rings is 1. The molecule has 0 aliphatic carbocycles. The van der Waals surface area contributed by atoms with Crippen LogP contribution in [-0.4, -0.2) is 35.4 Å². The quantitative estimate of drug-likeness (QED) is 0.299. The summed E-state index contributed by atoms with van der Waals surface area (Å²) in [5, 5.41) is 18.2. The van der Waals surface area contributed by atoms with Gasteiger partial charge in [0.05, 0.1) is 13.2 Å². The number of nitrogens with two attached hydrogens (primary N) is 1. The second-order valence-corrected chi connectivity index (χ2v) is 4.41. The average molecular weight is 298 g/mol. The topological polar surface area (TPSA) is 125 Å². The molecule has 8 heteroatoms. The van der Waals surface area contributed by atoms with Crippen molar-refractivity contribution in [3.63, 3.8) is 0 Å². The Morgan fingerprint density at radius 1 is 1.29 bits per heavy atom. The van der Waals surface area contributed by atoms with Gasteiger partial charge in [-0.15, -0.1) is 10.1 Å². The molecule has 3 N–H and O–H groups in total. The lowest BCUT2D eigenvalue weighted by Crippen LogP contribution is -2.34. The molecule has 116 valence electrons. The Balaban J connectivity index is 2.19. The van der Waals surface area contributed by atoms with E-state index in [9.17, 15) is 14.9 Å². The molecule has 0 aliphatic rings. The number of hydrogen-bond donors (Lipinski definition) is 2. The van der Waals surface area contributed by atoms with Crippen molar-refractivity contribution in [3.05, 3.63) is 39.9 Å². The predicted molar refractivity (Wildman–Crippen MR) is 72.9 cm³/mol. The van der Waals surface area contributed by atoms with Gasteiger partial charge in [0.15, 0.2) is 0 Å². The lowest BCUT2D eigenvalue weighted by molar-refractivity contribution is -0.757. The van der Waals surface area contributed by atoms with Gasteiger partial charge in [-0.1, -0.05) is 12.1 Å². The van der Waals surface area contributed by atoms with E-state index in [2.05, 4.69) is 4.84 Å². The van der Waals surface area contributed by atoms with Crippen molar-refractivity contribution >= 4 is 5.97 Å². The third-order valence-electron chi connectivity index (χ3n) is 2.67. The standard InChI is InChI=1S/C13H18N2O6/c14-12(9-10-3-5-11(16)6-4-10)13(17)20-7-1-2-8-21-15(18)19/h3-6,12,16H,1-2,7-9,14H2/t12-/m0/s1. The molecule has 1 rings (SSSR count). The minimum absolute atomic E-state index is 0.0237. The number of ether oxygens (including phenoxy) is 1. The maximum absolute atomic E-state index is 11.6. The molecule has 0 radical (unpaired) electrons. The second-order valence-electron chi connectivity index (χ2n) is 4.41. The molecule has 1 aromatic carbocycles. The van der Waals surface area contributed by atoms with Gasteiger partial charge < -0.3 is 20.4 Å². The van der Waals surface area contributed by atoms with E-state index in [1.165, 1.54) is 12.1 Å². The minimum Gasteiger partial charge on any atom is -0.508 e. The van der Waals surface area contributed by atoms with Gasteiger partial charge in [-0.3, -0.25) is 4.79 Å². The second kappa shape index (κ2) is 8.75. The molecule has 0 saturated heterocycles. The van der Waals surface area contributed by atoms with Crippen molar-refractivity contribution in [3.8, 4) is 5.75 Å². The summed E-state index contributed by atoms with van der Waals surface area (Å²) in [4.78, 5) is 25.6. The molecule has 0 bridgehead atoms. The van der Waals surface area contributed by atoms with Crippen molar-refractivity contribution < 1.29 is 24.6 Å². The highest BCUT2D eigenvalue weighted by Crippen LogP contribution is 2.11. The molecule has 0 fully saturated rings. The van der Waals surface area contributed by atoms with Crippen molar-refractivity contribution in [2.45, 2.75) is 25.3 Å². The lowest BCUT2D eigenvalue weighted by atomic mass is 10.1. The number of carbonyl (C=O) groups excluding carboxylic acids is 1. The van der Waals surface area contributed by atoms with Crippen LogP contribution in [0.3, 0.4) is 0 Å². The monoisotopic (exact) mass is 298 g/mol. The first kappa shape index (κ1) is 16.7. The van der Waals surface area contributed by atoms with Gasteiger partial charge in [0.25, 0.3) is 5.09 Å². The predicted octanol–water partition coefficient (Wildman–Crippen LogP) is 0.794. The number of phenols is 1. The van der Waals surface area contributed by atoms with Crippen LogP contribution in [0.5, 0.6) is 5.75 Å². The molecule has 0 saturated carbocycles. The van der Waals surface area contributed by atoms with Crippen molar-refractivity contribution in [1.82, 2.24) is 0 Å². The maximum atomic E-state index is 11.6. The third kappa shape index (κ3) is 7.11. The summed E-state index contributed by atoms with van der Waals surface area (Å²) in [6.45, 7) is 0.118. The first-order valence-electron chi connectivity index (χ1n) is 6.46. The summed E-state index contributed by atoms with van der Waals surface area (Å²) in [5.41, 5.74) is 6.53. The van der Waals surface area contributed by atoms with E-state index in [-0.39, 0.29) is 19.0 Å². The number of esters is 1. The highest BCUT2D eigenvalue weighted by Gasteiger charge is 2.15. The molecule has 1 aromatic rings. The van der Waals surface area contributed by atoms with Crippen LogP contribution in [0.4, 0.5) is 0 Å². The Labute approximate surface area is 121 Å².